The van der Waals surface area contributed by atoms with E-state index in [1.807, 2.05) is 17.2 Å². The van der Waals surface area contributed by atoms with E-state index < -0.39 is 0 Å². The van der Waals surface area contributed by atoms with Crippen LogP contribution in [0.3, 0.4) is 0 Å². The van der Waals surface area contributed by atoms with Crippen molar-refractivity contribution in [2.75, 3.05) is 31.1 Å². The Balaban J connectivity index is 1.47. The third kappa shape index (κ3) is 3.59. The molecule has 3 rings (SSSR count). The third-order valence-electron chi connectivity index (χ3n) is 3.55. The van der Waals surface area contributed by atoms with E-state index in [4.69, 9.17) is 0 Å². The van der Waals surface area contributed by atoms with E-state index in [-0.39, 0.29) is 5.91 Å². The topological polar surface area (TPSA) is 49.3 Å². The molecule has 0 aliphatic carbocycles. The average molecular weight is 322 g/mol. The van der Waals surface area contributed by atoms with Crippen LogP contribution in [0.15, 0.2) is 17.0 Å². The summed E-state index contributed by atoms with van der Waals surface area (Å²) in [6.07, 6.45) is 3.10. The monoisotopic (exact) mass is 322 g/mol. The molecule has 0 aromatic carbocycles. The Labute approximate surface area is 132 Å². The van der Waals surface area contributed by atoms with E-state index in [2.05, 4.69) is 20.2 Å². The minimum atomic E-state index is 0.236. The molecule has 1 amide bonds. The number of anilines is 1. The zero-order chi connectivity index (χ0) is 14.7. The predicted octanol–water partition coefficient (Wildman–Crippen LogP) is 2.19. The molecule has 5 nitrogen and oxygen atoms in total. The van der Waals surface area contributed by atoms with E-state index in [0.29, 0.717) is 6.42 Å². The van der Waals surface area contributed by atoms with Crippen LogP contribution in [-0.2, 0) is 11.2 Å². The first-order valence-corrected chi connectivity index (χ1v) is 8.81. The molecule has 1 fully saturated rings. The van der Waals surface area contributed by atoms with Gasteiger partial charge in [-0.3, -0.25) is 4.79 Å². The van der Waals surface area contributed by atoms with E-state index in [0.717, 1.165) is 48.4 Å². The molecule has 7 heteroatoms. The summed E-state index contributed by atoms with van der Waals surface area (Å²) in [5, 5.41) is 6.14. The standard InChI is InChI=1S/C14H18N4OS2/c1-11-10-21-14(16-11)18-7-5-17(6-8-18)13(19)3-2-12-15-4-9-20-12/h4,9-10H,2-3,5-8H2,1H3. The third-order valence-corrected chi connectivity index (χ3v) is 5.40. The molecule has 112 valence electrons. The van der Waals surface area contributed by atoms with Crippen molar-refractivity contribution in [3.8, 4) is 0 Å². The summed E-state index contributed by atoms with van der Waals surface area (Å²) in [6.45, 7) is 5.33. The molecule has 2 aromatic rings. The fourth-order valence-electron chi connectivity index (χ4n) is 2.38. The number of amides is 1. The van der Waals surface area contributed by atoms with Gasteiger partial charge in [0.05, 0.1) is 10.7 Å². The number of nitrogens with zero attached hydrogens (tertiary/aromatic N) is 4. The van der Waals surface area contributed by atoms with Gasteiger partial charge in [-0.25, -0.2) is 9.97 Å². The highest BCUT2D eigenvalue weighted by Crippen LogP contribution is 2.21. The van der Waals surface area contributed by atoms with Crippen molar-refractivity contribution in [2.45, 2.75) is 19.8 Å². The lowest BCUT2D eigenvalue weighted by Crippen LogP contribution is -2.48. The Morgan fingerprint density at radius 3 is 2.71 bits per heavy atom. The number of thiazole rings is 2. The zero-order valence-corrected chi connectivity index (χ0v) is 13.6. The van der Waals surface area contributed by atoms with Crippen LogP contribution < -0.4 is 4.90 Å². The summed E-state index contributed by atoms with van der Waals surface area (Å²) < 4.78 is 0. The first-order valence-electron chi connectivity index (χ1n) is 7.05. The summed E-state index contributed by atoms with van der Waals surface area (Å²) >= 11 is 3.29. The Morgan fingerprint density at radius 1 is 1.29 bits per heavy atom. The van der Waals surface area contributed by atoms with E-state index >= 15 is 0 Å². The summed E-state index contributed by atoms with van der Waals surface area (Å²) in [7, 11) is 0. The van der Waals surface area contributed by atoms with Gasteiger partial charge in [0, 0.05) is 56.0 Å². The van der Waals surface area contributed by atoms with Gasteiger partial charge >= 0.3 is 0 Å². The van der Waals surface area contributed by atoms with Crippen LogP contribution >= 0.6 is 22.7 Å². The molecule has 1 saturated heterocycles. The van der Waals surface area contributed by atoms with Crippen molar-refractivity contribution in [3.63, 3.8) is 0 Å². The average Bonchev–Trinajstić information content (AvgIpc) is 3.16. The minimum absolute atomic E-state index is 0.236. The molecule has 1 aliphatic rings. The lowest BCUT2D eigenvalue weighted by molar-refractivity contribution is -0.131. The Kier molecular flexibility index (Phi) is 4.50. The van der Waals surface area contributed by atoms with Gasteiger partial charge in [-0.05, 0) is 6.92 Å². The number of hydrogen-bond acceptors (Lipinski definition) is 6. The highest BCUT2D eigenvalue weighted by atomic mass is 32.1. The van der Waals surface area contributed by atoms with Crippen LogP contribution in [0.25, 0.3) is 0 Å². The molecule has 0 atom stereocenters. The number of aryl methyl sites for hydroxylation is 2. The van der Waals surface area contributed by atoms with Gasteiger partial charge in [-0.2, -0.15) is 0 Å². The molecule has 0 saturated carbocycles. The molecule has 0 spiro atoms. The molecule has 21 heavy (non-hydrogen) atoms. The maximum Gasteiger partial charge on any atom is 0.223 e. The van der Waals surface area contributed by atoms with Crippen molar-refractivity contribution in [1.29, 1.82) is 0 Å². The summed E-state index contributed by atoms with van der Waals surface area (Å²) in [4.78, 5) is 25.2. The fraction of sp³-hybridized carbons (Fsp3) is 0.500. The normalized spacial score (nSPS) is 15.5. The van der Waals surface area contributed by atoms with Crippen molar-refractivity contribution < 1.29 is 4.79 Å². The van der Waals surface area contributed by atoms with Gasteiger partial charge in [-0.15, -0.1) is 22.7 Å². The van der Waals surface area contributed by atoms with E-state index in [9.17, 15) is 4.79 Å². The SMILES string of the molecule is Cc1csc(N2CCN(C(=O)CCc3nccs3)CC2)n1. The van der Waals surface area contributed by atoms with E-state index in [1.54, 1.807) is 28.9 Å². The molecule has 0 radical (unpaired) electrons. The van der Waals surface area contributed by atoms with Crippen LogP contribution in [0, 0.1) is 6.92 Å². The van der Waals surface area contributed by atoms with Crippen LogP contribution in [0.4, 0.5) is 5.13 Å². The van der Waals surface area contributed by atoms with Crippen molar-refractivity contribution in [2.24, 2.45) is 0 Å². The summed E-state index contributed by atoms with van der Waals surface area (Å²) in [5.74, 6) is 0.236. The maximum absolute atomic E-state index is 12.2. The second-order valence-corrected chi connectivity index (χ2v) is 6.88. The number of rotatable bonds is 4. The number of carbonyl (C=O) groups excluding carboxylic acids is 1. The highest BCUT2D eigenvalue weighted by molar-refractivity contribution is 7.13. The number of carbonyl (C=O) groups is 1. The number of piperazine rings is 1. The predicted molar refractivity (Wildman–Crippen MR) is 86.1 cm³/mol. The van der Waals surface area contributed by atoms with Crippen LogP contribution in [0.1, 0.15) is 17.1 Å². The van der Waals surface area contributed by atoms with Gasteiger partial charge in [0.1, 0.15) is 0 Å². The first-order chi connectivity index (χ1) is 10.2. The van der Waals surface area contributed by atoms with Gasteiger partial charge in [0.25, 0.3) is 0 Å². The van der Waals surface area contributed by atoms with Crippen LogP contribution in [0.2, 0.25) is 0 Å². The van der Waals surface area contributed by atoms with Crippen molar-refractivity contribution in [3.05, 3.63) is 27.7 Å². The Bertz CT molecular complexity index is 588. The van der Waals surface area contributed by atoms with Gasteiger partial charge in [-0.1, -0.05) is 0 Å². The molecule has 3 heterocycles. The number of aromatic nitrogens is 2. The van der Waals surface area contributed by atoms with Crippen LogP contribution in [0.5, 0.6) is 0 Å². The molecule has 0 bridgehead atoms. The first kappa shape index (κ1) is 14.5. The van der Waals surface area contributed by atoms with Crippen LogP contribution in [-0.4, -0.2) is 47.0 Å². The quantitative estimate of drug-likeness (QED) is 0.866. The van der Waals surface area contributed by atoms with Gasteiger partial charge < -0.3 is 9.80 Å². The zero-order valence-electron chi connectivity index (χ0n) is 12.0. The van der Waals surface area contributed by atoms with E-state index in [1.165, 1.54) is 0 Å². The molecular weight excluding hydrogens is 304 g/mol. The largest absolute Gasteiger partial charge is 0.345 e. The minimum Gasteiger partial charge on any atom is -0.345 e. The smallest absolute Gasteiger partial charge is 0.223 e. The number of hydrogen-bond donors (Lipinski definition) is 0. The maximum atomic E-state index is 12.2. The molecule has 0 unspecified atom stereocenters. The van der Waals surface area contributed by atoms with Crippen molar-refractivity contribution in [1.82, 2.24) is 14.9 Å². The van der Waals surface area contributed by atoms with Gasteiger partial charge in [0.2, 0.25) is 5.91 Å². The van der Waals surface area contributed by atoms with Crippen molar-refractivity contribution >= 4 is 33.7 Å². The lowest BCUT2D eigenvalue weighted by atomic mass is 10.2. The lowest BCUT2D eigenvalue weighted by Gasteiger charge is -2.34. The highest BCUT2D eigenvalue weighted by Gasteiger charge is 2.22. The summed E-state index contributed by atoms with van der Waals surface area (Å²) in [6, 6.07) is 0. The Hall–Kier alpha value is -1.47. The second kappa shape index (κ2) is 6.53. The van der Waals surface area contributed by atoms with Gasteiger partial charge in [0.15, 0.2) is 5.13 Å². The molecule has 0 N–H and O–H groups in total. The Morgan fingerprint density at radius 2 is 2.10 bits per heavy atom. The molecule has 2 aromatic heterocycles. The molecule has 1 aliphatic heterocycles. The second-order valence-electron chi connectivity index (χ2n) is 5.07. The summed E-state index contributed by atoms with van der Waals surface area (Å²) in [5.41, 5.74) is 1.07. The molecular formula is C14H18N4OS2. The fourth-order valence-corrected chi connectivity index (χ4v) is 3.86.